The summed E-state index contributed by atoms with van der Waals surface area (Å²) in [6.45, 7) is 4.07. The summed E-state index contributed by atoms with van der Waals surface area (Å²) in [6, 6.07) is 3.66. The quantitative estimate of drug-likeness (QED) is 0.799. The van der Waals surface area contributed by atoms with E-state index in [0.717, 1.165) is 37.8 Å². The molecule has 1 aliphatic heterocycles. The highest BCUT2D eigenvalue weighted by molar-refractivity contribution is 6.29. The fraction of sp³-hybridized carbons (Fsp3) is 0.600. The topological polar surface area (TPSA) is 49.8 Å². The van der Waals surface area contributed by atoms with E-state index in [1.54, 1.807) is 6.07 Å². The number of nitrogens with one attached hydrogen (secondary N) is 2. The number of aromatic nitrogens is 2. The second kappa shape index (κ2) is 5.39. The molecule has 0 spiro atoms. The molecule has 1 aromatic rings. The Bertz CT molecular complexity index is 295. The Morgan fingerprint density at radius 1 is 1.47 bits per heavy atom. The fourth-order valence-corrected chi connectivity index (χ4v) is 1.83. The van der Waals surface area contributed by atoms with Gasteiger partial charge in [0.25, 0.3) is 0 Å². The molecule has 2 N–H and O–H groups in total. The SMILES string of the molecule is Clc1ccc(CNC[C@H]2CCNC2)nn1. The largest absolute Gasteiger partial charge is 0.316 e. The molecule has 1 fully saturated rings. The van der Waals surface area contributed by atoms with E-state index < -0.39 is 0 Å². The molecule has 0 aliphatic carbocycles. The minimum Gasteiger partial charge on any atom is -0.316 e. The summed E-state index contributed by atoms with van der Waals surface area (Å²) in [5.74, 6) is 0.755. The van der Waals surface area contributed by atoms with Crippen molar-refractivity contribution in [2.45, 2.75) is 13.0 Å². The van der Waals surface area contributed by atoms with Crippen molar-refractivity contribution in [3.8, 4) is 0 Å². The van der Waals surface area contributed by atoms with Gasteiger partial charge in [0.2, 0.25) is 0 Å². The molecule has 0 saturated carbocycles. The lowest BCUT2D eigenvalue weighted by Gasteiger charge is -2.08. The van der Waals surface area contributed by atoms with Crippen LogP contribution in [0.2, 0.25) is 5.15 Å². The highest BCUT2D eigenvalue weighted by Gasteiger charge is 2.13. The normalized spacial score (nSPS) is 20.7. The zero-order chi connectivity index (χ0) is 10.5. The van der Waals surface area contributed by atoms with Crippen molar-refractivity contribution >= 4 is 11.6 Å². The Morgan fingerprint density at radius 2 is 2.40 bits per heavy atom. The molecule has 1 aliphatic rings. The van der Waals surface area contributed by atoms with E-state index in [9.17, 15) is 0 Å². The summed E-state index contributed by atoms with van der Waals surface area (Å²) in [5.41, 5.74) is 0.936. The van der Waals surface area contributed by atoms with Crippen LogP contribution >= 0.6 is 11.6 Å². The maximum Gasteiger partial charge on any atom is 0.151 e. The van der Waals surface area contributed by atoms with E-state index in [1.165, 1.54) is 6.42 Å². The second-order valence-electron chi connectivity index (χ2n) is 3.84. The van der Waals surface area contributed by atoms with Gasteiger partial charge in [0.1, 0.15) is 0 Å². The molecule has 82 valence electrons. The highest BCUT2D eigenvalue weighted by Crippen LogP contribution is 2.06. The van der Waals surface area contributed by atoms with Gasteiger partial charge < -0.3 is 10.6 Å². The van der Waals surface area contributed by atoms with Crippen LogP contribution in [-0.2, 0) is 6.54 Å². The first-order valence-electron chi connectivity index (χ1n) is 5.24. The predicted molar refractivity (Wildman–Crippen MR) is 59.7 cm³/mol. The Labute approximate surface area is 94.4 Å². The molecule has 1 saturated heterocycles. The third kappa shape index (κ3) is 3.41. The van der Waals surface area contributed by atoms with Gasteiger partial charge >= 0.3 is 0 Å². The maximum absolute atomic E-state index is 5.65. The van der Waals surface area contributed by atoms with Crippen LogP contribution in [0.1, 0.15) is 12.1 Å². The molecule has 2 rings (SSSR count). The lowest BCUT2D eigenvalue weighted by molar-refractivity contribution is 0.508. The smallest absolute Gasteiger partial charge is 0.151 e. The molecule has 0 aromatic carbocycles. The lowest BCUT2D eigenvalue weighted by Crippen LogP contribution is -2.24. The minimum atomic E-state index is 0.443. The summed E-state index contributed by atoms with van der Waals surface area (Å²) >= 11 is 5.65. The summed E-state index contributed by atoms with van der Waals surface area (Å²) in [5, 5.41) is 14.9. The zero-order valence-corrected chi connectivity index (χ0v) is 9.30. The number of halogens is 1. The van der Waals surface area contributed by atoms with Gasteiger partial charge in [0, 0.05) is 6.54 Å². The van der Waals surface area contributed by atoms with E-state index in [1.807, 2.05) is 6.07 Å². The molecule has 1 atom stereocenters. The van der Waals surface area contributed by atoms with Gasteiger partial charge in [0.05, 0.1) is 5.69 Å². The third-order valence-electron chi connectivity index (χ3n) is 2.59. The van der Waals surface area contributed by atoms with Crippen LogP contribution in [0.25, 0.3) is 0 Å². The van der Waals surface area contributed by atoms with E-state index in [4.69, 9.17) is 11.6 Å². The summed E-state index contributed by atoms with van der Waals surface area (Å²) < 4.78 is 0. The summed E-state index contributed by atoms with van der Waals surface area (Å²) in [7, 11) is 0. The van der Waals surface area contributed by atoms with Gasteiger partial charge in [-0.2, -0.15) is 5.10 Å². The summed E-state index contributed by atoms with van der Waals surface area (Å²) in [6.07, 6.45) is 1.26. The minimum absolute atomic E-state index is 0.443. The number of nitrogens with zero attached hydrogens (tertiary/aromatic N) is 2. The first-order valence-corrected chi connectivity index (χ1v) is 5.62. The first-order chi connectivity index (χ1) is 7.34. The molecule has 1 aromatic heterocycles. The Hall–Kier alpha value is -0.710. The molecule has 5 heteroatoms. The second-order valence-corrected chi connectivity index (χ2v) is 4.22. The molecule has 15 heavy (non-hydrogen) atoms. The maximum atomic E-state index is 5.65. The van der Waals surface area contributed by atoms with E-state index in [0.29, 0.717) is 5.15 Å². The molecule has 0 unspecified atom stereocenters. The van der Waals surface area contributed by atoms with Crippen LogP contribution in [0.4, 0.5) is 0 Å². The molecule has 0 amide bonds. The number of hydrogen-bond donors (Lipinski definition) is 2. The Balaban J connectivity index is 1.71. The van der Waals surface area contributed by atoms with Gasteiger partial charge in [0.15, 0.2) is 5.15 Å². The van der Waals surface area contributed by atoms with Crippen molar-refractivity contribution in [1.82, 2.24) is 20.8 Å². The molecule has 0 bridgehead atoms. The molecular formula is C10H15ClN4. The van der Waals surface area contributed by atoms with E-state index >= 15 is 0 Å². The van der Waals surface area contributed by atoms with Gasteiger partial charge in [-0.15, -0.1) is 5.10 Å². The molecule has 4 nitrogen and oxygen atoms in total. The fourth-order valence-electron chi connectivity index (χ4n) is 1.73. The lowest BCUT2D eigenvalue weighted by atomic mass is 10.1. The van der Waals surface area contributed by atoms with Gasteiger partial charge in [-0.3, -0.25) is 0 Å². The average Bonchev–Trinajstić information content (AvgIpc) is 2.74. The van der Waals surface area contributed by atoms with Gasteiger partial charge in [-0.05, 0) is 44.1 Å². The average molecular weight is 227 g/mol. The van der Waals surface area contributed by atoms with E-state index in [2.05, 4.69) is 20.8 Å². The number of rotatable bonds is 4. The Kier molecular flexibility index (Phi) is 3.88. The van der Waals surface area contributed by atoms with Crippen LogP contribution in [0.15, 0.2) is 12.1 Å². The van der Waals surface area contributed by atoms with Crippen molar-refractivity contribution < 1.29 is 0 Å². The predicted octanol–water partition coefficient (Wildman–Crippen LogP) is 0.829. The van der Waals surface area contributed by atoms with Crippen LogP contribution in [0, 0.1) is 5.92 Å². The highest BCUT2D eigenvalue weighted by atomic mass is 35.5. The first kappa shape index (κ1) is 10.8. The van der Waals surface area contributed by atoms with Gasteiger partial charge in [-0.1, -0.05) is 11.6 Å². The van der Waals surface area contributed by atoms with Crippen LogP contribution in [-0.4, -0.2) is 29.8 Å². The zero-order valence-electron chi connectivity index (χ0n) is 8.54. The van der Waals surface area contributed by atoms with Crippen molar-refractivity contribution in [2.24, 2.45) is 5.92 Å². The van der Waals surface area contributed by atoms with E-state index in [-0.39, 0.29) is 0 Å². The number of hydrogen-bond acceptors (Lipinski definition) is 4. The summed E-state index contributed by atoms with van der Waals surface area (Å²) in [4.78, 5) is 0. The molecule has 2 heterocycles. The van der Waals surface area contributed by atoms with Crippen LogP contribution < -0.4 is 10.6 Å². The third-order valence-corrected chi connectivity index (χ3v) is 2.79. The monoisotopic (exact) mass is 226 g/mol. The molecular weight excluding hydrogens is 212 g/mol. The Morgan fingerprint density at radius 3 is 3.07 bits per heavy atom. The van der Waals surface area contributed by atoms with Crippen LogP contribution in [0.3, 0.4) is 0 Å². The van der Waals surface area contributed by atoms with Crippen molar-refractivity contribution in [2.75, 3.05) is 19.6 Å². The van der Waals surface area contributed by atoms with Crippen molar-refractivity contribution in [3.63, 3.8) is 0 Å². The van der Waals surface area contributed by atoms with Crippen molar-refractivity contribution in [3.05, 3.63) is 23.0 Å². The van der Waals surface area contributed by atoms with Crippen molar-refractivity contribution in [1.29, 1.82) is 0 Å². The molecule has 0 radical (unpaired) electrons. The standard InChI is InChI=1S/C10H15ClN4/c11-10-2-1-9(14-15-10)7-13-6-8-3-4-12-5-8/h1-2,8,12-13H,3-7H2/t8-/m0/s1. The van der Waals surface area contributed by atoms with Gasteiger partial charge in [-0.25, -0.2) is 0 Å². The van der Waals surface area contributed by atoms with Crippen LogP contribution in [0.5, 0.6) is 0 Å².